The third-order valence-electron chi connectivity index (χ3n) is 3.77. The van der Waals surface area contributed by atoms with Gasteiger partial charge >= 0.3 is 0 Å². The predicted octanol–water partition coefficient (Wildman–Crippen LogP) is 2.70. The van der Waals surface area contributed by atoms with Crippen LogP contribution in [0.1, 0.15) is 54.6 Å². The molecular formula is C14H20N2O2S. The number of rotatable bonds is 3. The molecule has 0 aliphatic heterocycles. The topological polar surface area (TPSA) is 68.3 Å². The van der Waals surface area contributed by atoms with Gasteiger partial charge in [0, 0.05) is 0 Å². The van der Waals surface area contributed by atoms with E-state index in [0.29, 0.717) is 10.6 Å². The second-order valence-corrected chi connectivity index (χ2v) is 5.70. The Bertz CT molecular complexity index is 474. The lowest BCUT2D eigenvalue weighted by Crippen LogP contribution is -2.56. The molecule has 0 aromatic carbocycles. The summed E-state index contributed by atoms with van der Waals surface area (Å²) in [5.41, 5.74) is 5.89. The van der Waals surface area contributed by atoms with Crippen molar-refractivity contribution in [3.8, 4) is 0 Å². The van der Waals surface area contributed by atoms with Crippen molar-refractivity contribution < 1.29 is 9.21 Å². The summed E-state index contributed by atoms with van der Waals surface area (Å²) in [4.78, 5) is 12.7. The zero-order chi connectivity index (χ0) is 13.9. The number of carbonyl (C=O) groups excluding carboxylic acids is 1. The number of thiocarbonyl (C=S) groups is 1. The summed E-state index contributed by atoms with van der Waals surface area (Å²) >= 11 is 5.20. The van der Waals surface area contributed by atoms with Crippen molar-refractivity contribution in [3.05, 3.63) is 23.7 Å². The van der Waals surface area contributed by atoms with Crippen molar-refractivity contribution in [2.75, 3.05) is 0 Å². The van der Waals surface area contributed by atoms with Crippen LogP contribution in [-0.4, -0.2) is 16.4 Å². The minimum absolute atomic E-state index is 0.161. The van der Waals surface area contributed by atoms with E-state index in [1.165, 1.54) is 19.1 Å². The van der Waals surface area contributed by atoms with Crippen molar-refractivity contribution in [2.45, 2.75) is 51.0 Å². The van der Waals surface area contributed by atoms with E-state index >= 15 is 0 Å². The van der Waals surface area contributed by atoms with Gasteiger partial charge in [-0.1, -0.05) is 37.9 Å². The molecule has 0 atom stereocenters. The van der Waals surface area contributed by atoms with Crippen LogP contribution < -0.4 is 11.1 Å². The highest BCUT2D eigenvalue weighted by Crippen LogP contribution is 2.28. The van der Waals surface area contributed by atoms with Crippen LogP contribution in [0.25, 0.3) is 0 Å². The molecule has 0 radical (unpaired) electrons. The standard InChI is InChI=1S/C14H20N2O2S/c1-10-8-11(9-18-10)12(17)16-14(13(15)19)6-4-2-3-5-7-14/h8-9H,2-7H2,1H3,(H2,15,19)(H,16,17). The number of nitrogens with two attached hydrogens (primary N) is 1. The van der Waals surface area contributed by atoms with Crippen LogP contribution in [0.15, 0.2) is 16.7 Å². The molecule has 1 aromatic heterocycles. The molecule has 0 spiro atoms. The van der Waals surface area contributed by atoms with Crippen molar-refractivity contribution in [1.82, 2.24) is 5.32 Å². The van der Waals surface area contributed by atoms with Gasteiger partial charge in [0.25, 0.3) is 5.91 Å². The van der Waals surface area contributed by atoms with Gasteiger partial charge in [-0.2, -0.15) is 0 Å². The zero-order valence-electron chi connectivity index (χ0n) is 11.2. The number of aryl methyl sites for hydroxylation is 1. The molecule has 2 rings (SSSR count). The second kappa shape index (κ2) is 5.74. The van der Waals surface area contributed by atoms with Gasteiger partial charge in [0.1, 0.15) is 12.0 Å². The van der Waals surface area contributed by atoms with Gasteiger partial charge in [-0.3, -0.25) is 4.79 Å². The molecule has 104 valence electrons. The molecular weight excluding hydrogens is 260 g/mol. The monoisotopic (exact) mass is 280 g/mol. The number of hydrogen-bond acceptors (Lipinski definition) is 3. The first-order chi connectivity index (χ1) is 9.03. The summed E-state index contributed by atoms with van der Waals surface area (Å²) in [5, 5.41) is 3.04. The van der Waals surface area contributed by atoms with Crippen LogP contribution in [0.3, 0.4) is 0 Å². The van der Waals surface area contributed by atoms with Gasteiger partial charge in [0.2, 0.25) is 0 Å². The van der Waals surface area contributed by atoms with Crippen LogP contribution in [-0.2, 0) is 0 Å². The molecule has 3 N–H and O–H groups in total. The van der Waals surface area contributed by atoms with Gasteiger partial charge < -0.3 is 15.5 Å². The van der Waals surface area contributed by atoms with Crippen LogP contribution in [0.5, 0.6) is 0 Å². The number of amides is 1. The largest absolute Gasteiger partial charge is 0.469 e. The lowest BCUT2D eigenvalue weighted by Gasteiger charge is -2.32. The van der Waals surface area contributed by atoms with Crippen LogP contribution >= 0.6 is 12.2 Å². The fraction of sp³-hybridized carbons (Fsp3) is 0.571. The first kappa shape index (κ1) is 14.1. The maximum atomic E-state index is 12.3. The lowest BCUT2D eigenvalue weighted by molar-refractivity contribution is 0.0917. The molecule has 1 saturated carbocycles. The molecule has 1 aliphatic rings. The highest BCUT2D eigenvalue weighted by atomic mass is 32.1. The Morgan fingerprint density at radius 1 is 1.37 bits per heavy atom. The molecule has 4 nitrogen and oxygen atoms in total. The fourth-order valence-corrected chi connectivity index (χ4v) is 2.87. The molecule has 1 aromatic rings. The van der Waals surface area contributed by atoms with Gasteiger partial charge in [0.05, 0.1) is 16.1 Å². The van der Waals surface area contributed by atoms with Gasteiger partial charge in [0.15, 0.2) is 0 Å². The Balaban J connectivity index is 2.16. The summed E-state index contributed by atoms with van der Waals surface area (Å²) in [7, 11) is 0. The average Bonchev–Trinajstić information content (AvgIpc) is 2.65. The van der Waals surface area contributed by atoms with E-state index in [2.05, 4.69) is 5.32 Å². The number of nitrogens with one attached hydrogen (secondary N) is 1. The van der Waals surface area contributed by atoms with E-state index in [-0.39, 0.29) is 5.91 Å². The van der Waals surface area contributed by atoms with Crippen LogP contribution in [0.2, 0.25) is 0 Å². The first-order valence-electron chi connectivity index (χ1n) is 6.71. The minimum atomic E-state index is -0.534. The van der Waals surface area contributed by atoms with E-state index < -0.39 is 5.54 Å². The SMILES string of the molecule is Cc1cc(C(=O)NC2(C(N)=S)CCCCCC2)co1. The summed E-state index contributed by atoms with van der Waals surface area (Å²) in [6.45, 7) is 1.81. The Kier molecular flexibility index (Phi) is 4.24. The average molecular weight is 280 g/mol. The molecule has 0 saturated heterocycles. The van der Waals surface area contributed by atoms with E-state index in [4.69, 9.17) is 22.4 Å². The molecule has 5 heteroatoms. The summed E-state index contributed by atoms with van der Waals surface area (Å²) in [5.74, 6) is 0.557. The smallest absolute Gasteiger partial charge is 0.255 e. The summed E-state index contributed by atoms with van der Waals surface area (Å²) in [6.07, 6.45) is 7.55. The summed E-state index contributed by atoms with van der Waals surface area (Å²) < 4.78 is 5.17. The Morgan fingerprint density at radius 3 is 2.47 bits per heavy atom. The third-order valence-corrected chi connectivity index (χ3v) is 4.17. The molecule has 0 bridgehead atoms. The molecule has 19 heavy (non-hydrogen) atoms. The first-order valence-corrected chi connectivity index (χ1v) is 7.12. The van der Waals surface area contributed by atoms with E-state index in [9.17, 15) is 4.79 Å². The zero-order valence-corrected chi connectivity index (χ0v) is 12.0. The molecule has 1 amide bonds. The van der Waals surface area contributed by atoms with E-state index in [1.807, 2.05) is 6.92 Å². The Hall–Kier alpha value is -1.36. The predicted molar refractivity (Wildman–Crippen MR) is 78.1 cm³/mol. The highest BCUT2D eigenvalue weighted by Gasteiger charge is 2.35. The van der Waals surface area contributed by atoms with Crippen LogP contribution in [0, 0.1) is 6.92 Å². The van der Waals surface area contributed by atoms with Crippen molar-refractivity contribution in [1.29, 1.82) is 0 Å². The van der Waals surface area contributed by atoms with Crippen molar-refractivity contribution >= 4 is 23.1 Å². The van der Waals surface area contributed by atoms with Gasteiger partial charge in [-0.05, 0) is 25.8 Å². The van der Waals surface area contributed by atoms with Crippen molar-refractivity contribution in [3.63, 3.8) is 0 Å². The fourth-order valence-electron chi connectivity index (χ4n) is 2.62. The number of furan rings is 1. The Labute approximate surface area is 118 Å². The molecule has 1 fully saturated rings. The van der Waals surface area contributed by atoms with E-state index in [0.717, 1.165) is 31.4 Å². The maximum Gasteiger partial charge on any atom is 0.255 e. The van der Waals surface area contributed by atoms with Gasteiger partial charge in [-0.25, -0.2) is 0 Å². The number of hydrogen-bond donors (Lipinski definition) is 2. The normalized spacial score (nSPS) is 18.6. The molecule has 1 aliphatic carbocycles. The third kappa shape index (κ3) is 3.15. The second-order valence-electron chi connectivity index (χ2n) is 5.26. The molecule has 1 heterocycles. The number of carbonyl (C=O) groups is 1. The van der Waals surface area contributed by atoms with Crippen LogP contribution in [0.4, 0.5) is 0 Å². The highest BCUT2D eigenvalue weighted by molar-refractivity contribution is 7.80. The molecule has 0 unspecified atom stereocenters. The lowest BCUT2D eigenvalue weighted by atomic mass is 9.89. The maximum absolute atomic E-state index is 12.3. The Morgan fingerprint density at radius 2 is 2.00 bits per heavy atom. The quantitative estimate of drug-likeness (QED) is 0.660. The van der Waals surface area contributed by atoms with Gasteiger partial charge in [-0.15, -0.1) is 0 Å². The van der Waals surface area contributed by atoms with Crippen molar-refractivity contribution in [2.24, 2.45) is 5.73 Å². The summed E-state index contributed by atoms with van der Waals surface area (Å²) in [6, 6.07) is 1.72. The minimum Gasteiger partial charge on any atom is -0.469 e. The van der Waals surface area contributed by atoms with E-state index in [1.54, 1.807) is 6.07 Å².